The zero-order valence-corrected chi connectivity index (χ0v) is 17.1. The maximum absolute atomic E-state index is 10.3. The van der Waals surface area contributed by atoms with Gasteiger partial charge in [-0.3, -0.25) is 0 Å². The van der Waals surface area contributed by atoms with Crippen LogP contribution in [0.3, 0.4) is 0 Å². The molecule has 0 fully saturated rings. The summed E-state index contributed by atoms with van der Waals surface area (Å²) in [5.74, 6) is -2.23. The van der Waals surface area contributed by atoms with E-state index in [2.05, 4.69) is 13.8 Å². The van der Waals surface area contributed by atoms with Gasteiger partial charge < -0.3 is 19.8 Å². The van der Waals surface area contributed by atoms with Crippen molar-refractivity contribution in [1.82, 2.24) is 0 Å². The number of hydrogen-bond donors (Lipinski definition) is 0. The van der Waals surface area contributed by atoms with Crippen molar-refractivity contribution in [3.05, 3.63) is 0 Å². The van der Waals surface area contributed by atoms with Crippen molar-refractivity contribution in [3.63, 3.8) is 0 Å². The Morgan fingerprint density at radius 3 is 1.19 bits per heavy atom. The second-order valence-corrected chi connectivity index (χ2v) is 5.13. The summed E-state index contributed by atoms with van der Waals surface area (Å²) in [5, 5.41) is 20.7. The smallest absolute Gasteiger partial charge is 0.0445 e. The van der Waals surface area contributed by atoms with E-state index in [4.69, 9.17) is 0 Å². The van der Waals surface area contributed by atoms with Crippen LogP contribution in [0.25, 0.3) is 0 Å². The van der Waals surface area contributed by atoms with Crippen LogP contribution in [0.1, 0.15) is 79.1 Å². The van der Waals surface area contributed by atoms with Crippen LogP contribution in [0, 0.1) is 53.6 Å². The molecule has 0 aromatic rings. The SMILES string of the molecule is CCCCC(CC)C(=O)[O-].CCCCC(CC)C(=O)[O-].[Ce]. The van der Waals surface area contributed by atoms with Crippen LogP contribution in [0.4, 0.5) is 0 Å². The van der Waals surface area contributed by atoms with Gasteiger partial charge in [0.2, 0.25) is 0 Å². The van der Waals surface area contributed by atoms with E-state index in [-0.39, 0.29) is 53.6 Å². The van der Waals surface area contributed by atoms with E-state index in [0.29, 0.717) is 12.8 Å². The molecule has 0 N–H and O–H groups in total. The summed E-state index contributed by atoms with van der Waals surface area (Å²) in [6.07, 6.45) is 7.04. The van der Waals surface area contributed by atoms with E-state index in [0.717, 1.165) is 38.5 Å². The molecular weight excluding hydrogens is 396 g/mol. The van der Waals surface area contributed by atoms with Crippen molar-refractivity contribution in [2.24, 2.45) is 11.8 Å². The average Bonchev–Trinajstić information content (AvgIpc) is 2.40. The van der Waals surface area contributed by atoms with E-state index >= 15 is 0 Å². The Hall–Kier alpha value is 0.317. The zero-order chi connectivity index (χ0) is 16.0. The molecule has 0 saturated carbocycles. The molecule has 2 atom stereocenters. The Morgan fingerprint density at radius 2 is 1.05 bits per heavy atom. The molecule has 0 radical (unpaired) electrons. The Balaban J connectivity index is -0.000000295. The van der Waals surface area contributed by atoms with Crippen molar-refractivity contribution in [2.75, 3.05) is 0 Å². The largest absolute Gasteiger partial charge is 0.550 e. The molecule has 0 saturated heterocycles. The van der Waals surface area contributed by atoms with Crippen molar-refractivity contribution >= 4 is 11.9 Å². The molecule has 0 aromatic heterocycles. The summed E-state index contributed by atoms with van der Waals surface area (Å²) in [6.45, 7) is 7.89. The second kappa shape index (κ2) is 18.4. The van der Waals surface area contributed by atoms with Crippen LogP contribution in [-0.4, -0.2) is 11.9 Å². The number of unbranched alkanes of at least 4 members (excludes halogenated alkanes) is 2. The van der Waals surface area contributed by atoms with Crippen molar-refractivity contribution in [2.45, 2.75) is 79.1 Å². The minimum atomic E-state index is -0.893. The van der Waals surface area contributed by atoms with E-state index in [9.17, 15) is 19.8 Å². The van der Waals surface area contributed by atoms with Crippen LogP contribution in [0.15, 0.2) is 0 Å². The third kappa shape index (κ3) is 16.5. The molecule has 0 spiro atoms. The topological polar surface area (TPSA) is 80.3 Å². The van der Waals surface area contributed by atoms with Gasteiger partial charge >= 0.3 is 0 Å². The van der Waals surface area contributed by atoms with Crippen LogP contribution in [0.5, 0.6) is 0 Å². The van der Waals surface area contributed by atoms with Crippen LogP contribution >= 0.6 is 0 Å². The van der Waals surface area contributed by atoms with Crippen LogP contribution < -0.4 is 10.2 Å². The third-order valence-corrected chi connectivity index (χ3v) is 3.46. The number of hydrogen-bond acceptors (Lipinski definition) is 4. The number of carbonyl (C=O) groups is 2. The monoisotopic (exact) mass is 426 g/mol. The molecule has 0 amide bonds. The fourth-order valence-corrected chi connectivity index (χ4v) is 1.88. The van der Waals surface area contributed by atoms with E-state index < -0.39 is 11.9 Å². The normalized spacial score (nSPS) is 12.4. The van der Waals surface area contributed by atoms with E-state index in [1.807, 2.05) is 13.8 Å². The van der Waals surface area contributed by atoms with Crippen molar-refractivity contribution in [3.8, 4) is 0 Å². The average molecular weight is 427 g/mol. The minimum absolute atomic E-state index is 0. The van der Waals surface area contributed by atoms with Gasteiger partial charge in [0.05, 0.1) is 0 Å². The number of aliphatic carboxylic acids is 2. The van der Waals surface area contributed by atoms with Gasteiger partial charge in [-0.2, -0.15) is 0 Å². The van der Waals surface area contributed by atoms with Gasteiger partial charge in [-0.1, -0.05) is 53.4 Å². The first-order valence-corrected chi connectivity index (χ1v) is 7.86. The number of carbonyl (C=O) groups excluding carboxylic acids is 2. The number of carboxylic acids is 2. The molecule has 0 heterocycles. The molecule has 21 heavy (non-hydrogen) atoms. The molecule has 0 aliphatic heterocycles. The molecular formula is C16H30CeO4-2. The zero-order valence-electron chi connectivity index (χ0n) is 13.9. The van der Waals surface area contributed by atoms with Gasteiger partial charge in [-0.05, 0) is 37.5 Å². The molecule has 0 bridgehead atoms. The van der Waals surface area contributed by atoms with Crippen molar-refractivity contribution < 1.29 is 61.5 Å². The molecule has 0 aromatic carbocycles. The summed E-state index contributed by atoms with van der Waals surface area (Å²) in [6, 6.07) is 0. The van der Waals surface area contributed by atoms with Crippen molar-refractivity contribution in [1.29, 1.82) is 0 Å². The Morgan fingerprint density at radius 1 is 0.762 bits per heavy atom. The summed E-state index contributed by atoms with van der Waals surface area (Å²) in [4.78, 5) is 20.7. The van der Waals surface area contributed by atoms with Gasteiger partial charge in [0.1, 0.15) is 0 Å². The fraction of sp³-hybridized carbons (Fsp3) is 0.875. The molecule has 5 heteroatoms. The molecule has 2 unspecified atom stereocenters. The maximum atomic E-state index is 10.3. The fourth-order valence-electron chi connectivity index (χ4n) is 1.88. The molecule has 124 valence electrons. The Labute approximate surface area is 163 Å². The molecule has 4 nitrogen and oxygen atoms in total. The molecule has 0 aliphatic rings. The van der Waals surface area contributed by atoms with E-state index in [1.54, 1.807) is 0 Å². The number of carboxylic acid groups (broad SMARTS) is 2. The first-order valence-electron chi connectivity index (χ1n) is 7.86. The standard InChI is InChI=1S/2C8H16O2.Ce/c2*1-3-5-6-7(4-2)8(9)10;/h2*7H,3-6H2,1-2H3,(H,9,10);/p-2. The predicted molar refractivity (Wildman–Crippen MR) is 76.6 cm³/mol. The van der Waals surface area contributed by atoms with Crippen LogP contribution in [0.2, 0.25) is 0 Å². The second-order valence-electron chi connectivity index (χ2n) is 5.13. The summed E-state index contributed by atoms with van der Waals surface area (Å²) < 4.78 is 0. The predicted octanol–water partition coefficient (Wildman–Crippen LogP) is 1.91. The van der Waals surface area contributed by atoms with E-state index in [1.165, 1.54) is 0 Å². The number of rotatable bonds is 10. The van der Waals surface area contributed by atoms with Gasteiger partial charge in [-0.25, -0.2) is 0 Å². The van der Waals surface area contributed by atoms with Gasteiger partial charge in [0.25, 0.3) is 0 Å². The van der Waals surface area contributed by atoms with Crippen LogP contribution in [-0.2, 0) is 9.59 Å². The van der Waals surface area contributed by atoms with Gasteiger partial charge in [-0.15, -0.1) is 0 Å². The first kappa shape index (κ1) is 26.2. The molecule has 0 rings (SSSR count). The summed E-state index contributed by atoms with van der Waals surface area (Å²) in [5.41, 5.74) is 0. The minimum Gasteiger partial charge on any atom is -0.550 e. The Kier molecular flexibility index (Phi) is 22.9. The van der Waals surface area contributed by atoms with Gasteiger partial charge in [0.15, 0.2) is 0 Å². The summed E-state index contributed by atoms with van der Waals surface area (Å²) in [7, 11) is 0. The maximum Gasteiger partial charge on any atom is 0.0445 e. The first-order chi connectivity index (χ1) is 9.44. The van der Waals surface area contributed by atoms with Gasteiger partial charge in [0, 0.05) is 53.7 Å². The summed E-state index contributed by atoms with van der Waals surface area (Å²) >= 11 is 0. The Bertz CT molecular complexity index is 231. The quantitative estimate of drug-likeness (QED) is 0.534. The third-order valence-electron chi connectivity index (χ3n) is 3.46. The molecule has 0 aliphatic carbocycles.